The summed E-state index contributed by atoms with van der Waals surface area (Å²) >= 11 is 0. The van der Waals surface area contributed by atoms with Gasteiger partial charge in [0.15, 0.2) is 0 Å². The summed E-state index contributed by atoms with van der Waals surface area (Å²) in [7, 11) is 1.71. The maximum Gasteiger partial charge on any atom is 0.0889 e. The van der Waals surface area contributed by atoms with E-state index >= 15 is 0 Å². The number of methoxy groups -OCH3 is 1. The van der Waals surface area contributed by atoms with Crippen molar-refractivity contribution < 1.29 is 9.94 Å². The molecule has 1 aliphatic heterocycles. The quantitative estimate of drug-likeness (QED) is 0.643. The SMILES string of the molecule is COCCN1CCC/C(=N/O)c2ccccc21. The summed E-state index contributed by atoms with van der Waals surface area (Å²) in [5, 5.41) is 12.5. The van der Waals surface area contributed by atoms with Crippen molar-refractivity contribution in [3.05, 3.63) is 29.8 Å². The maximum atomic E-state index is 9.07. The smallest absolute Gasteiger partial charge is 0.0889 e. The molecule has 0 fully saturated rings. The highest BCUT2D eigenvalue weighted by Gasteiger charge is 2.18. The number of nitrogens with zero attached hydrogens (tertiary/aromatic N) is 2. The molecule has 0 aliphatic carbocycles. The van der Waals surface area contributed by atoms with E-state index in [1.165, 1.54) is 0 Å². The van der Waals surface area contributed by atoms with Gasteiger partial charge in [-0.05, 0) is 18.9 Å². The Morgan fingerprint density at radius 2 is 2.24 bits per heavy atom. The monoisotopic (exact) mass is 234 g/mol. The fourth-order valence-electron chi connectivity index (χ4n) is 2.22. The zero-order chi connectivity index (χ0) is 12.1. The van der Waals surface area contributed by atoms with Gasteiger partial charge in [-0.15, -0.1) is 0 Å². The molecule has 0 spiro atoms. The van der Waals surface area contributed by atoms with Crippen molar-refractivity contribution >= 4 is 11.4 Å². The molecule has 0 saturated heterocycles. The van der Waals surface area contributed by atoms with Gasteiger partial charge in [-0.2, -0.15) is 0 Å². The van der Waals surface area contributed by atoms with E-state index in [0.717, 1.165) is 42.9 Å². The number of oxime groups is 1. The predicted octanol–water partition coefficient (Wildman–Crippen LogP) is 2.11. The molecule has 0 bridgehead atoms. The van der Waals surface area contributed by atoms with Gasteiger partial charge >= 0.3 is 0 Å². The van der Waals surface area contributed by atoms with Crippen molar-refractivity contribution in [1.29, 1.82) is 0 Å². The lowest BCUT2D eigenvalue weighted by atomic mass is 10.1. The van der Waals surface area contributed by atoms with Gasteiger partial charge < -0.3 is 14.8 Å². The first-order valence-electron chi connectivity index (χ1n) is 5.91. The zero-order valence-electron chi connectivity index (χ0n) is 10.1. The maximum absolute atomic E-state index is 9.07. The number of hydrogen-bond donors (Lipinski definition) is 1. The number of rotatable bonds is 3. The molecule has 0 atom stereocenters. The third-order valence-electron chi connectivity index (χ3n) is 3.08. The van der Waals surface area contributed by atoms with Gasteiger partial charge in [0.05, 0.1) is 12.3 Å². The average Bonchev–Trinajstić information content (AvgIpc) is 2.55. The van der Waals surface area contributed by atoms with Crippen molar-refractivity contribution in [3.8, 4) is 0 Å². The second-order valence-electron chi connectivity index (χ2n) is 4.15. The van der Waals surface area contributed by atoms with E-state index in [9.17, 15) is 0 Å². The van der Waals surface area contributed by atoms with Crippen LogP contribution in [0.1, 0.15) is 18.4 Å². The summed E-state index contributed by atoms with van der Waals surface area (Å²) in [5.41, 5.74) is 2.94. The van der Waals surface area contributed by atoms with Crippen LogP contribution >= 0.6 is 0 Å². The van der Waals surface area contributed by atoms with E-state index in [1.807, 2.05) is 18.2 Å². The van der Waals surface area contributed by atoms with Crippen LogP contribution in [0.25, 0.3) is 0 Å². The van der Waals surface area contributed by atoms with Crippen LogP contribution in [0.2, 0.25) is 0 Å². The van der Waals surface area contributed by atoms with Gasteiger partial charge in [0, 0.05) is 31.5 Å². The summed E-state index contributed by atoms with van der Waals surface area (Å²) < 4.78 is 5.13. The fraction of sp³-hybridized carbons (Fsp3) is 0.462. The van der Waals surface area contributed by atoms with Crippen LogP contribution in [0.15, 0.2) is 29.4 Å². The Morgan fingerprint density at radius 3 is 3.00 bits per heavy atom. The van der Waals surface area contributed by atoms with Crippen LogP contribution in [0.4, 0.5) is 5.69 Å². The molecule has 1 aromatic rings. The van der Waals surface area contributed by atoms with Gasteiger partial charge in [-0.25, -0.2) is 0 Å². The first-order chi connectivity index (χ1) is 8.36. The molecule has 0 saturated carbocycles. The molecule has 1 aliphatic rings. The van der Waals surface area contributed by atoms with Crippen molar-refractivity contribution in [3.63, 3.8) is 0 Å². The van der Waals surface area contributed by atoms with Crippen molar-refractivity contribution in [2.75, 3.05) is 31.7 Å². The van der Waals surface area contributed by atoms with Crippen LogP contribution in [-0.2, 0) is 4.74 Å². The predicted molar refractivity (Wildman–Crippen MR) is 68.1 cm³/mol. The molecule has 2 rings (SSSR count). The Labute approximate surface area is 101 Å². The molecule has 17 heavy (non-hydrogen) atoms. The molecule has 0 amide bonds. The summed E-state index contributed by atoms with van der Waals surface area (Å²) in [6.07, 6.45) is 1.81. The molecular formula is C13H18N2O2. The van der Waals surface area contributed by atoms with Crippen LogP contribution < -0.4 is 4.90 Å². The van der Waals surface area contributed by atoms with Crippen LogP contribution in [0, 0.1) is 0 Å². The Balaban J connectivity index is 2.32. The Morgan fingerprint density at radius 1 is 1.41 bits per heavy atom. The molecule has 1 heterocycles. The molecule has 1 aromatic carbocycles. The number of ether oxygens (including phenoxy) is 1. The minimum Gasteiger partial charge on any atom is -0.411 e. The van der Waals surface area contributed by atoms with E-state index in [2.05, 4.69) is 16.1 Å². The Kier molecular flexibility index (Phi) is 3.98. The average molecular weight is 234 g/mol. The summed E-state index contributed by atoms with van der Waals surface area (Å²) in [6, 6.07) is 8.07. The Bertz CT molecular complexity index is 404. The fourth-order valence-corrected chi connectivity index (χ4v) is 2.22. The number of fused-ring (bicyclic) bond motifs is 1. The first kappa shape index (κ1) is 11.9. The lowest BCUT2D eigenvalue weighted by Gasteiger charge is -2.24. The highest BCUT2D eigenvalue weighted by molar-refractivity contribution is 6.05. The molecule has 4 heteroatoms. The molecule has 0 radical (unpaired) electrons. The van der Waals surface area contributed by atoms with Gasteiger partial charge in [0.1, 0.15) is 0 Å². The third kappa shape index (κ3) is 2.58. The summed E-state index contributed by atoms with van der Waals surface area (Å²) in [6.45, 7) is 2.55. The normalized spacial score (nSPS) is 17.9. The van der Waals surface area contributed by atoms with Crippen LogP contribution in [0.3, 0.4) is 0 Å². The first-order valence-corrected chi connectivity index (χ1v) is 5.91. The highest BCUT2D eigenvalue weighted by atomic mass is 16.5. The highest BCUT2D eigenvalue weighted by Crippen LogP contribution is 2.26. The van der Waals surface area contributed by atoms with Crippen molar-refractivity contribution in [2.24, 2.45) is 5.16 Å². The van der Waals surface area contributed by atoms with Gasteiger partial charge in [-0.3, -0.25) is 0 Å². The van der Waals surface area contributed by atoms with Crippen LogP contribution in [-0.4, -0.2) is 37.7 Å². The second-order valence-corrected chi connectivity index (χ2v) is 4.15. The molecule has 0 aromatic heterocycles. The lowest BCUT2D eigenvalue weighted by Crippen LogP contribution is -2.28. The standard InChI is InChI=1S/C13H18N2O2/c1-17-10-9-15-8-4-6-12(14-16)11-5-2-3-7-13(11)15/h2-3,5,7,16H,4,6,8-10H2,1H3/b14-12-. The molecule has 0 unspecified atom stereocenters. The molecular weight excluding hydrogens is 216 g/mol. The molecule has 4 nitrogen and oxygen atoms in total. The van der Waals surface area contributed by atoms with Gasteiger partial charge in [-0.1, -0.05) is 23.4 Å². The minimum atomic E-state index is 0.708. The number of hydrogen-bond acceptors (Lipinski definition) is 4. The Hall–Kier alpha value is -1.55. The van der Waals surface area contributed by atoms with E-state index in [0.29, 0.717) is 6.61 Å². The van der Waals surface area contributed by atoms with E-state index < -0.39 is 0 Å². The molecule has 92 valence electrons. The lowest BCUT2D eigenvalue weighted by molar-refractivity contribution is 0.205. The topological polar surface area (TPSA) is 45.1 Å². The summed E-state index contributed by atoms with van der Waals surface area (Å²) in [5.74, 6) is 0. The minimum absolute atomic E-state index is 0.708. The number of benzene rings is 1. The van der Waals surface area contributed by atoms with E-state index in [-0.39, 0.29) is 0 Å². The van der Waals surface area contributed by atoms with E-state index in [4.69, 9.17) is 9.94 Å². The summed E-state index contributed by atoms with van der Waals surface area (Å²) in [4.78, 5) is 2.29. The number of para-hydroxylation sites is 1. The second kappa shape index (κ2) is 5.68. The number of anilines is 1. The van der Waals surface area contributed by atoms with Crippen molar-refractivity contribution in [2.45, 2.75) is 12.8 Å². The molecule has 1 N–H and O–H groups in total. The van der Waals surface area contributed by atoms with Gasteiger partial charge in [0.25, 0.3) is 0 Å². The van der Waals surface area contributed by atoms with Crippen LogP contribution in [0.5, 0.6) is 0 Å². The van der Waals surface area contributed by atoms with E-state index in [1.54, 1.807) is 7.11 Å². The largest absolute Gasteiger partial charge is 0.411 e. The van der Waals surface area contributed by atoms with Gasteiger partial charge in [0.2, 0.25) is 0 Å². The van der Waals surface area contributed by atoms with Crippen molar-refractivity contribution in [1.82, 2.24) is 0 Å². The third-order valence-corrected chi connectivity index (χ3v) is 3.08. The zero-order valence-corrected chi connectivity index (χ0v) is 10.1.